The molecule has 0 amide bonds. The highest BCUT2D eigenvalue weighted by Gasteiger charge is 2.31. The first-order valence-electron chi connectivity index (χ1n) is 10.2. The molecule has 6 nitrogen and oxygen atoms in total. The number of aliphatic carboxylic acids is 1. The van der Waals surface area contributed by atoms with Gasteiger partial charge in [-0.05, 0) is 57.1 Å². The molecule has 2 N–H and O–H groups in total. The molecule has 3 aromatic rings. The van der Waals surface area contributed by atoms with E-state index < -0.39 is 23.3 Å². The van der Waals surface area contributed by atoms with Gasteiger partial charge in [-0.3, -0.25) is 0 Å². The summed E-state index contributed by atoms with van der Waals surface area (Å²) >= 11 is 0. The number of hydrogen-bond donors (Lipinski definition) is 2. The number of likely N-dealkylation sites (N-methyl/N-ethyl adjacent to an activating group) is 1. The fourth-order valence-electron chi connectivity index (χ4n) is 3.29. The Kier molecular flexibility index (Phi) is 6.83. The van der Waals surface area contributed by atoms with Gasteiger partial charge in [-0.15, -0.1) is 0 Å². The van der Waals surface area contributed by atoms with Gasteiger partial charge >= 0.3 is 12.1 Å². The van der Waals surface area contributed by atoms with E-state index in [0.717, 1.165) is 23.3 Å². The fraction of sp³-hybridized carbons (Fsp3) is 0.333. The molecule has 0 saturated heterocycles. The molecule has 1 atom stereocenters. The Morgan fingerprint density at radius 1 is 1.15 bits per heavy atom. The van der Waals surface area contributed by atoms with Gasteiger partial charge in [0.1, 0.15) is 17.2 Å². The number of aryl methyl sites for hydroxylation is 1. The molecule has 1 aromatic heterocycles. The molecule has 0 saturated carbocycles. The van der Waals surface area contributed by atoms with Crippen LogP contribution in [-0.2, 0) is 17.4 Å². The summed E-state index contributed by atoms with van der Waals surface area (Å²) in [4.78, 5) is 11.3. The van der Waals surface area contributed by atoms with Crippen molar-refractivity contribution in [3.8, 4) is 17.0 Å². The maximum atomic E-state index is 12.8. The molecule has 3 rings (SSSR count). The molecule has 176 valence electrons. The Hall–Kier alpha value is -3.33. The Morgan fingerprint density at radius 3 is 2.36 bits per heavy atom. The minimum atomic E-state index is -4.39. The summed E-state index contributed by atoms with van der Waals surface area (Å²) < 4.78 is 49.4. The highest BCUT2D eigenvalue weighted by molar-refractivity contribution is 5.76. The van der Waals surface area contributed by atoms with Gasteiger partial charge in [-0.1, -0.05) is 29.4 Å². The third-order valence-corrected chi connectivity index (χ3v) is 5.30. The van der Waals surface area contributed by atoms with E-state index >= 15 is 0 Å². The van der Waals surface area contributed by atoms with Crippen LogP contribution in [0.1, 0.15) is 42.3 Å². The van der Waals surface area contributed by atoms with Gasteiger partial charge in [-0.25, -0.2) is 4.79 Å². The molecule has 9 heteroatoms. The molecule has 0 fully saturated rings. The lowest BCUT2D eigenvalue weighted by Crippen LogP contribution is -2.38. The molecule has 0 aliphatic rings. The average molecular weight is 462 g/mol. The third kappa shape index (κ3) is 5.73. The summed E-state index contributed by atoms with van der Waals surface area (Å²) in [7, 11) is 1.80. The topological polar surface area (TPSA) is 84.6 Å². The number of ether oxygens (including phenoxy) is 1. The summed E-state index contributed by atoms with van der Waals surface area (Å²) in [5, 5.41) is 16.5. The van der Waals surface area contributed by atoms with Crippen molar-refractivity contribution in [3.63, 3.8) is 0 Å². The largest absolute Gasteiger partial charge is 0.478 e. The maximum absolute atomic E-state index is 12.8. The minimum Gasteiger partial charge on any atom is -0.478 e. The molecule has 0 aliphatic carbocycles. The quantitative estimate of drug-likeness (QED) is 0.465. The molecule has 0 aliphatic heterocycles. The van der Waals surface area contributed by atoms with Crippen molar-refractivity contribution in [1.82, 2.24) is 10.5 Å². The van der Waals surface area contributed by atoms with Gasteiger partial charge in [0.05, 0.1) is 5.56 Å². The minimum absolute atomic E-state index is 0.140. The zero-order valence-corrected chi connectivity index (χ0v) is 18.7. The Balaban J connectivity index is 1.75. The van der Waals surface area contributed by atoms with E-state index in [1.807, 2.05) is 19.1 Å². The normalized spacial score (nSPS) is 13.1. The molecular weight excluding hydrogens is 437 g/mol. The van der Waals surface area contributed by atoms with Crippen molar-refractivity contribution in [3.05, 3.63) is 71.0 Å². The van der Waals surface area contributed by atoms with Crippen LogP contribution >= 0.6 is 0 Å². The highest BCUT2D eigenvalue weighted by Crippen LogP contribution is 2.32. The van der Waals surface area contributed by atoms with Gasteiger partial charge in [-0.2, -0.15) is 13.2 Å². The number of carbonyl (C=O) groups is 1. The third-order valence-electron chi connectivity index (χ3n) is 5.30. The zero-order valence-electron chi connectivity index (χ0n) is 18.7. The van der Waals surface area contributed by atoms with E-state index in [1.54, 1.807) is 19.2 Å². The smallest absolute Gasteiger partial charge is 0.416 e. The van der Waals surface area contributed by atoms with E-state index in [9.17, 15) is 23.1 Å². The van der Waals surface area contributed by atoms with Gasteiger partial charge in [0, 0.05) is 24.1 Å². The van der Waals surface area contributed by atoms with E-state index in [2.05, 4.69) is 10.5 Å². The van der Waals surface area contributed by atoms with Gasteiger partial charge in [0.25, 0.3) is 0 Å². The number of carboxylic acid groups (broad SMARTS) is 1. The van der Waals surface area contributed by atoms with Crippen LogP contribution in [0.25, 0.3) is 11.3 Å². The van der Waals surface area contributed by atoms with Crippen molar-refractivity contribution in [2.75, 3.05) is 7.05 Å². The monoisotopic (exact) mass is 462 g/mol. The van der Waals surface area contributed by atoms with Gasteiger partial charge in [0.2, 0.25) is 0 Å². The summed E-state index contributed by atoms with van der Waals surface area (Å²) in [5.41, 5.74) is 0.609. The second-order valence-electron chi connectivity index (χ2n) is 8.24. The number of hydrogen-bond acceptors (Lipinski definition) is 5. The van der Waals surface area contributed by atoms with Crippen LogP contribution in [0.5, 0.6) is 5.75 Å². The summed E-state index contributed by atoms with van der Waals surface area (Å²) in [5.74, 6) is -0.0206. The lowest BCUT2D eigenvalue weighted by atomic mass is 9.99. The number of nitrogens with zero attached hydrogens (tertiary/aromatic N) is 1. The van der Waals surface area contributed by atoms with Crippen molar-refractivity contribution >= 4 is 5.97 Å². The van der Waals surface area contributed by atoms with Crippen LogP contribution in [-0.4, -0.2) is 28.9 Å². The van der Waals surface area contributed by atoms with Crippen molar-refractivity contribution in [2.24, 2.45) is 0 Å². The van der Waals surface area contributed by atoms with Crippen molar-refractivity contribution < 1.29 is 32.3 Å². The van der Waals surface area contributed by atoms with Crippen LogP contribution in [0.2, 0.25) is 0 Å². The summed E-state index contributed by atoms with van der Waals surface area (Å²) in [6.07, 6.45) is -3.94. The molecular formula is C24H25F3N2O4. The highest BCUT2D eigenvalue weighted by atomic mass is 19.4. The Labute approximate surface area is 189 Å². The van der Waals surface area contributed by atoms with Crippen LogP contribution in [0, 0.1) is 6.92 Å². The molecule has 1 heterocycles. The lowest BCUT2D eigenvalue weighted by Gasteiger charge is -2.24. The van der Waals surface area contributed by atoms with Crippen molar-refractivity contribution in [2.45, 2.75) is 45.0 Å². The van der Waals surface area contributed by atoms with Crippen LogP contribution in [0.4, 0.5) is 13.2 Å². The summed E-state index contributed by atoms with van der Waals surface area (Å²) in [6.45, 7) is 4.80. The Bertz CT molecular complexity index is 1120. The fourth-order valence-corrected chi connectivity index (χ4v) is 3.29. The van der Waals surface area contributed by atoms with Crippen LogP contribution in [0.15, 0.2) is 53.1 Å². The van der Waals surface area contributed by atoms with Crippen LogP contribution < -0.4 is 10.1 Å². The Morgan fingerprint density at radius 2 is 1.82 bits per heavy atom. The number of benzene rings is 2. The molecule has 2 aromatic carbocycles. The van der Waals surface area contributed by atoms with Crippen LogP contribution in [0.3, 0.4) is 0 Å². The first-order valence-corrected chi connectivity index (χ1v) is 10.2. The first kappa shape index (κ1) is 24.3. The number of carboxylic acids is 1. The van der Waals surface area contributed by atoms with Crippen molar-refractivity contribution in [1.29, 1.82) is 0 Å². The van der Waals surface area contributed by atoms with Gasteiger partial charge in [0.15, 0.2) is 5.60 Å². The molecule has 0 spiro atoms. The van der Waals surface area contributed by atoms with E-state index in [0.29, 0.717) is 29.2 Å². The van der Waals surface area contributed by atoms with E-state index in [4.69, 9.17) is 9.26 Å². The number of rotatable bonds is 8. The number of halogens is 3. The predicted molar refractivity (Wildman–Crippen MR) is 116 cm³/mol. The standard InChI is InChI=1S/C24H25F3N2O4/c1-14-11-16(7-10-21(14)32-23(2,3)22(30)31)19(28-4)12-18-13-20(29-33-18)15-5-8-17(9-6-15)24(25,26)27/h5-11,13,19,28H,12H2,1-4H3,(H,30,31). The first-order chi connectivity index (χ1) is 15.4. The maximum Gasteiger partial charge on any atom is 0.416 e. The predicted octanol–water partition coefficient (Wildman–Crippen LogP) is 5.41. The van der Waals surface area contributed by atoms with E-state index in [-0.39, 0.29) is 6.04 Å². The zero-order chi connectivity index (χ0) is 24.4. The van der Waals surface area contributed by atoms with E-state index in [1.165, 1.54) is 26.0 Å². The SMILES string of the molecule is CNC(Cc1cc(-c2ccc(C(F)(F)F)cc2)no1)c1ccc(OC(C)(C)C(=O)O)c(C)c1. The number of aromatic nitrogens is 1. The second kappa shape index (κ2) is 9.27. The van der Waals surface area contributed by atoms with Gasteiger partial charge < -0.3 is 19.7 Å². The lowest BCUT2D eigenvalue weighted by molar-refractivity contribution is -0.152. The summed E-state index contributed by atoms with van der Waals surface area (Å²) in [6, 6.07) is 11.8. The molecule has 0 radical (unpaired) electrons. The molecule has 33 heavy (non-hydrogen) atoms. The number of nitrogens with one attached hydrogen (secondary N) is 1. The average Bonchev–Trinajstić information content (AvgIpc) is 3.21. The second-order valence-corrected chi connectivity index (χ2v) is 8.24. The number of alkyl halides is 3. The molecule has 1 unspecified atom stereocenters. The molecule has 0 bridgehead atoms.